The number of aryl methyl sites for hydroxylation is 2. The number of esters is 1. The predicted octanol–water partition coefficient (Wildman–Crippen LogP) is 3.60. The Morgan fingerprint density at radius 3 is 2.66 bits per heavy atom. The van der Waals surface area contributed by atoms with Gasteiger partial charge in [-0.1, -0.05) is 23.8 Å². The van der Waals surface area contributed by atoms with E-state index in [0.717, 1.165) is 35.1 Å². The Morgan fingerprint density at radius 2 is 2.03 bits per heavy atom. The minimum Gasteiger partial charge on any atom is -0.462 e. The van der Waals surface area contributed by atoms with Crippen LogP contribution in [0.15, 0.2) is 23.6 Å². The Labute approximate surface area is 175 Å². The van der Waals surface area contributed by atoms with Crippen molar-refractivity contribution in [3.05, 3.63) is 40.3 Å². The van der Waals surface area contributed by atoms with E-state index in [0.29, 0.717) is 23.2 Å². The van der Waals surface area contributed by atoms with E-state index in [4.69, 9.17) is 4.74 Å². The zero-order valence-corrected chi connectivity index (χ0v) is 18.0. The van der Waals surface area contributed by atoms with Gasteiger partial charge in [0.1, 0.15) is 10.6 Å². The van der Waals surface area contributed by atoms with Crippen LogP contribution >= 0.6 is 11.3 Å². The van der Waals surface area contributed by atoms with Crippen molar-refractivity contribution in [1.82, 2.24) is 4.90 Å². The molecule has 1 heterocycles. The van der Waals surface area contributed by atoms with E-state index in [9.17, 15) is 14.7 Å². The third-order valence-corrected chi connectivity index (χ3v) is 5.89. The third kappa shape index (κ3) is 5.23. The molecule has 6 nitrogen and oxygen atoms in total. The third-order valence-electron chi connectivity index (χ3n) is 4.99. The van der Waals surface area contributed by atoms with E-state index >= 15 is 0 Å². The number of rotatable bonds is 9. The lowest BCUT2D eigenvalue weighted by Gasteiger charge is -2.20. The van der Waals surface area contributed by atoms with E-state index < -0.39 is 5.97 Å². The van der Waals surface area contributed by atoms with Gasteiger partial charge in [0.05, 0.1) is 19.8 Å². The lowest BCUT2D eigenvalue weighted by Crippen LogP contribution is -2.36. The molecular weight excluding hydrogens is 388 g/mol. The highest BCUT2D eigenvalue weighted by molar-refractivity contribution is 7.15. The van der Waals surface area contributed by atoms with Crippen molar-refractivity contribution in [2.75, 3.05) is 31.6 Å². The molecule has 1 saturated carbocycles. The number of aliphatic hydroxyl groups is 1. The summed E-state index contributed by atoms with van der Waals surface area (Å²) >= 11 is 1.33. The first-order chi connectivity index (χ1) is 13.9. The maximum Gasteiger partial charge on any atom is 0.341 e. The Hall–Kier alpha value is -2.22. The first-order valence-corrected chi connectivity index (χ1v) is 10.8. The standard InChI is InChI=1S/C22H28N2O4S/c1-4-28-22(27)20-18(17-8-5-14(2)11-15(17)3)13-29-21(20)23-19(26)12-24(9-10-25)16-6-7-16/h5,8,11,13,16,25H,4,6-7,9-10,12H2,1-3H3,(H,23,26). The van der Waals surface area contributed by atoms with E-state index in [1.54, 1.807) is 6.92 Å². The van der Waals surface area contributed by atoms with Crippen LogP contribution in [-0.2, 0) is 9.53 Å². The first kappa shape index (κ1) is 21.5. The minimum atomic E-state index is -0.437. The summed E-state index contributed by atoms with van der Waals surface area (Å²) in [4.78, 5) is 27.3. The summed E-state index contributed by atoms with van der Waals surface area (Å²) in [5, 5.41) is 14.5. The molecule has 0 aliphatic heterocycles. The number of ether oxygens (including phenoxy) is 1. The molecule has 1 aromatic carbocycles. The topological polar surface area (TPSA) is 78.9 Å². The van der Waals surface area contributed by atoms with Crippen LogP contribution in [0.5, 0.6) is 0 Å². The number of benzene rings is 1. The van der Waals surface area contributed by atoms with Gasteiger partial charge in [-0.2, -0.15) is 0 Å². The van der Waals surface area contributed by atoms with Crippen LogP contribution in [0.3, 0.4) is 0 Å². The normalized spacial score (nSPS) is 13.6. The Kier molecular flexibility index (Phi) is 7.05. The molecule has 0 spiro atoms. The zero-order valence-electron chi connectivity index (χ0n) is 17.2. The van der Waals surface area contributed by atoms with Crippen LogP contribution in [0, 0.1) is 13.8 Å². The van der Waals surface area contributed by atoms with Crippen LogP contribution in [0.1, 0.15) is 41.3 Å². The maximum absolute atomic E-state index is 12.7. The van der Waals surface area contributed by atoms with E-state index in [1.165, 1.54) is 11.3 Å². The van der Waals surface area contributed by atoms with Crippen LogP contribution in [-0.4, -0.2) is 54.2 Å². The Morgan fingerprint density at radius 1 is 1.28 bits per heavy atom. The molecule has 29 heavy (non-hydrogen) atoms. The molecule has 2 aromatic rings. The smallest absolute Gasteiger partial charge is 0.341 e. The van der Waals surface area contributed by atoms with Crippen molar-refractivity contribution in [3.63, 3.8) is 0 Å². The van der Waals surface area contributed by atoms with E-state index in [2.05, 4.69) is 11.4 Å². The van der Waals surface area contributed by atoms with Gasteiger partial charge in [0.25, 0.3) is 0 Å². The second-order valence-electron chi connectivity index (χ2n) is 7.37. The Balaban J connectivity index is 1.87. The van der Waals surface area contributed by atoms with Crippen molar-refractivity contribution >= 4 is 28.2 Å². The quantitative estimate of drug-likeness (QED) is 0.611. The van der Waals surface area contributed by atoms with Gasteiger partial charge in [-0.15, -0.1) is 11.3 Å². The number of anilines is 1. The zero-order chi connectivity index (χ0) is 21.0. The monoisotopic (exact) mass is 416 g/mol. The summed E-state index contributed by atoms with van der Waals surface area (Å²) in [6, 6.07) is 6.45. The highest BCUT2D eigenvalue weighted by Gasteiger charge is 2.30. The fourth-order valence-electron chi connectivity index (χ4n) is 3.48. The average Bonchev–Trinajstić information content (AvgIpc) is 3.43. The summed E-state index contributed by atoms with van der Waals surface area (Å²) in [7, 11) is 0. The van der Waals surface area contributed by atoms with E-state index in [1.807, 2.05) is 36.3 Å². The van der Waals surface area contributed by atoms with Crippen LogP contribution in [0.2, 0.25) is 0 Å². The molecule has 0 saturated heterocycles. The van der Waals surface area contributed by atoms with Gasteiger partial charge in [-0.25, -0.2) is 4.79 Å². The molecule has 0 atom stereocenters. The minimum absolute atomic E-state index is 0.0215. The molecule has 1 amide bonds. The molecule has 1 aliphatic carbocycles. The van der Waals surface area contributed by atoms with Crippen LogP contribution < -0.4 is 5.32 Å². The van der Waals surface area contributed by atoms with Crippen molar-refractivity contribution < 1.29 is 19.4 Å². The van der Waals surface area contributed by atoms with Gasteiger partial charge in [-0.3, -0.25) is 9.69 Å². The van der Waals surface area contributed by atoms with Gasteiger partial charge in [0.2, 0.25) is 5.91 Å². The highest BCUT2D eigenvalue weighted by Crippen LogP contribution is 2.38. The molecule has 0 bridgehead atoms. The lowest BCUT2D eigenvalue weighted by molar-refractivity contribution is -0.117. The first-order valence-electron chi connectivity index (χ1n) is 9.95. The SMILES string of the molecule is CCOC(=O)c1c(-c2ccc(C)cc2C)csc1NC(=O)CN(CCO)C1CC1. The average molecular weight is 417 g/mol. The van der Waals surface area contributed by atoms with Gasteiger partial charge in [-0.05, 0) is 44.7 Å². The van der Waals surface area contributed by atoms with Gasteiger partial charge in [0.15, 0.2) is 0 Å². The summed E-state index contributed by atoms with van der Waals surface area (Å²) in [5.74, 6) is -0.627. The van der Waals surface area contributed by atoms with E-state index in [-0.39, 0.29) is 25.7 Å². The molecular formula is C22H28N2O4S. The molecule has 7 heteroatoms. The summed E-state index contributed by atoms with van der Waals surface area (Å²) < 4.78 is 5.28. The second-order valence-corrected chi connectivity index (χ2v) is 8.25. The number of amides is 1. The number of carbonyl (C=O) groups is 2. The molecule has 1 fully saturated rings. The van der Waals surface area contributed by atoms with Gasteiger partial charge < -0.3 is 15.2 Å². The second kappa shape index (κ2) is 9.52. The number of nitrogens with zero attached hydrogens (tertiary/aromatic N) is 1. The Bertz CT molecular complexity index is 889. The van der Waals surface area contributed by atoms with Crippen LogP contribution in [0.25, 0.3) is 11.1 Å². The van der Waals surface area contributed by atoms with Crippen molar-refractivity contribution in [1.29, 1.82) is 0 Å². The largest absolute Gasteiger partial charge is 0.462 e. The molecule has 3 rings (SSSR count). The predicted molar refractivity (Wildman–Crippen MR) is 115 cm³/mol. The fraction of sp³-hybridized carbons (Fsp3) is 0.455. The van der Waals surface area contributed by atoms with Crippen molar-refractivity contribution in [2.24, 2.45) is 0 Å². The highest BCUT2D eigenvalue weighted by atomic mass is 32.1. The fourth-order valence-corrected chi connectivity index (χ4v) is 4.44. The molecule has 0 radical (unpaired) electrons. The molecule has 1 aliphatic rings. The van der Waals surface area contributed by atoms with Crippen molar-refractivity contribution in [3.8, 4) is 11.1 Å². The molecule has 2 N–H and O–H groups in total. The number of nitrogens with one attached hydrogen (secondary N) is 1. The number of aliphatic hydroxyl groups excluding tert-OH is 1. The molecule has 1 aromatic heterocycles. The van der Waals surface area contributed by atoms with Gasteiger partial charge >= 0.3 is 5.97 Å². The number of carbonyl (C=O) groups excluding carboxylic acids is 2. The van der Waals surface area contributed by atoms with Gasteiger partial charge in [0, 0.05) is 23.5 Å². The van der Waals surface area contributed by atoms with Crippen molar-refractivity contribution in [2.45, 2.75) is 39.7 Å². The number of hydrogen-bond donors (Lipinski definition) is 2. The van der Waals surface area contributed by atoms with Crippen LogP contribution in [0.4, 0.5) is 5.00 Å². The number of thiophene rings is 1. The summed E-state index contributed by atoms with van der Waals surface area (Å²) in [6.45, 7) is 6.76. The lowest BCUT2D eigenvalue weighted by atomic mass is 9.97. The molecule has 0 unspecified atom stereocenters. The summed E-state index contributed by atoms with van der Waals surface area (Å²) in [5.41, 5.74) is 4.34. The summed E-state index contributed by atoms with van der Waals surface area (Å²) in [6.07, 6.45) is 2.11. The molecule has 156 valence electrons. The number of hydrogen-bond acceptors (Lipinski definition) is 6. The maximum atomic E-state index is 12.7.